The fourth-order valence-corrected chi connectivity index (χ4v) is 1.53. The fourth-order valence-electron chi connectivity index (χ4n) is 1.53. The van der Waals surface area contributed by atoms with Crippen molar-refractivity contribution >= 4 is 11.2 Å². The molecule has 0 spiro atoms. The molecule has 0 saturated carbocycles. The van der Waals surface area contributed by atoms with Crippen molar-refractivity contribution in [3.05, 3.63) is 26.7 Å². The Morgan fingerprint density at radius 3 is 2.82 bits per heavy atom. The van der Waals surface area contributed by atoms with Crippen molar-refractivity contribution in [1.29, 1.82) is 0 Å². The first kappa shape index (κ1) is 11.6. The standard InChI is InChI=1S/C10H14N4O3/c1-3-4-17-5-6-11-7-8(12-6)14(2)10(16)13-9(7)15/h3-5H2,1-2H3,(H,11,12)(H,13,15,16). The number of hydrogen-bond donors (Lipinski definition) is 2. The number of imidazole rings is 1. The summed E-state index contributed by atoms with van der Waals surface area (Å²) in [6, 6.07) is 0. The van der Waals surface area contributed by atoms with Crippen LogP contribution in [0.1, 0.15) is 19.2 Å². The number of ether oxygens (including phenoxy) is 1. The molecule has 0 radical (unpaired) electrons. The Kier molecular flexibility index (Phi) is 3.10. The number of aromatic nitrogens is 4. The molecular formula is C10H14N4O3. The summed E-state index contributed by atoms with van der Waals surface area (Å²) in [5.74, 6) is 0.542. The van der Waals surface area contributed by atoms with Crippen molar-refractivity contribution < 1.29 is 4.74 Å². The van der Waals surface area contributed by atoms with Crippen molar-refractivity contribution in [3.63, 3.8) is 0 Å². The van der Waals surface area contributed by atoms with Crippen LogP contribution in [-0.2, 0) is 18.4 Å². The van der Waals surface area contributed by atoms with Gasteiger partial charge >= 0.3 is 5.69 Å². The third-order valence-electron chi connectivity index (χ3n) is 2.39. The van der Waals surface area contributed by atoms with Gasteiger partial charge in [-0.15, -0.1) is 0 Å². The van der Waals surface area contributed by atoms with Gasteiger partial charge in [0.15, 0.2) is 5.65 Å². The molecule has 17 heavy (non-hydrogen) atoms. The summed E-state index contributed by atoms with van der Waals surface area (Å²) in [5, 5.41) is 0. The lowest BCUT2D eigenvalue weighted by atomic mass is 10.5. The molecule has 0 aliphatic carbocycles. The Morgan fingerprint density at radius 1 is 1.35 bits per heavy atom. The van der Waals surface area contributed by atoms with Crippen LogP contribution >= 0.6 is 0 Å². The van der Waals surface area contributed by atoms with E-state index in [0.717, 1.165) is 6.42 Å². The molecule has 0 fully saturated rings. The van der Waals surface area contributed by atoms with E-state index in [-0.39, 0.29) is 0 Å². The normalized spacial score (nSPS) is 11.2. The molecule has 0 amide bonds. The summed E-state index contributed by atoms with van der Waals surface area (Å²) in [7, 11) is 1.55. The van der Waals surface area contributed by atoms with Gasteiger partial charge < -0.3 is 9.72 Å². The Labute approximate surface area is 96.5 Å². The summed E-state index contributed by atoms with van der Waals surface area (Å²) in [6.45, 7) is 2.94. The van der Waals surface area contributed by atoms with Gasteiger partial charge in [0.05, 0.1) is 0 Å². The van der Waals surface area contributed by atoms with E-state index in [4.69, 9.17) is 4.74 Å². The zero-order chi connectivity index (χ0) is 12.4. The number of hydrogen-bond acceptors (Lipinski definition) is 4. The maximum Gasteiger partial charge on any atom is 0.329 e. The third kappa shape index (κ3) is 2.14. The molecule has 0 atom stereocenters. The lowest BCUT2D eigenvalue weighted by molar-refractivity contribution is 0.117. The van der Waals surface area contributed by atoms with Crippen LogP contribution in [0.5, 0.6) is 0 Å². The minimum atomic E-state index is -0.477. The van der Waals surface area contributed by atoms with Crippen molar-refractivity contribution in [3.8, 4) is 0 Å². The van der Waals surface area contributed by atoms with Crippen LogP contribution < -0.4 is 11.2 Å². The zero-order valence-corrected chi connectivity index (χ0v) is 9.74. The molecule has 2 aromatic rings. The summed E-state index contributed by atoms with van der Waals surface area (Å²) < 4.78 is 6.60. The van der Waals surface area contributed by atoms with Crippen molar-refractivity contribution in [2.24, 2.45) is 7.05 Å². The second-order valence-electron chi connectivity index (χ2n) is 3.75. The number of rotatable bonds is 4. The number of aryl methyl sites for hydroxylation is 1. The molecule has 0 aliphatic rings. The molecule has 92 valence electrons. The van der Waals surface area contributed by atoms with Gasteiger partial charge in [0.1, 0.15) is 17.9 Å². The van der Waals surface area contributed by atoms with Gasteiger partial charge in [0.25, 0.3) is 5.56 Å². The molecule has 2 rings (SSSR count). The van der Waals surface area contributed by atoms with Gasteiger partial charge in [-0.1, -0.05) is 6.92 Å². The molecule has 7 nitrogen and oxygen atoms in total. The van der Waals surface area contributed by atoms with Crippen LogP contribution in [-0.4, -0.2) is 26.1 Å². The Balaban J connectivity index is 2.43. The van der Waals surface area contributed by atoms with E-state index in [1.54, 1.807) is 7.05 Å². The highest BCUT2D eigenvalue weighted by molar-refractivity contribution is 5.69. The topological polar surface area (TPSA) is 92.8 Å². The third-order valence-corrected chi connectivity index (χ3v) is 2.39. The van der Waals surface area contributed by atoms with Crippen LogP contribution in [0.25, 0.3) is 11.2 Å². The summed E-state index contributed by atoms with van der Waals surface area (Å²) in [4.78, 5) is 32.1. The molecule has 2 heterocycles. The van der Waals surface area contributed by atoms with Crippen molar-refractivity contribution in [1.82, 2.24) is 19.5 Å². The predicted octanol–water partition coefficient (Wildman–Crippen LogP) is -0.123. The molecule has 2 aromatic heterocycles. The van der Waals surface area contributed by atoms with Crippen LogP contribution in [0, 0.1) is 0 Å². The largest absolute Gasteiger partial charge is 0.374 e. The summed E-state index contributed by atoms with van der Waals surface area (Å²) in [5.41, 5.74) is -0.302. The fraction of sp³-hybridized carbons (Fsp3) is 0.500. The number of fused-ring (bicyclic) bond motifs is 1. The van der Waals surface area contributed by atoms with E-state index in [0.29, 0.717) is 30.2 Å². The van der Waals surface area contributed by atoms with Gasteiger partial charge in [-0.3, -0.25) is 14.3 Å². The Hall–Kier alpha value is -1.89. The second kappa shape index (κ2) is 4.54. The first-order valence-electron chi connectivity index (χ1n) is 5.39. The molecule has 2 N–H and O–H groups in total. The second-order valence-corrected chi connectivity index (χ2v) is 3.75. The first-order chi connectivity index (χ1) is 8.13. The minimum Gasteiger partial charge on any atom is -0.374 e. The lowest BCUT2D eigenvalue weighted by Crippen LogP contribution is -2.28. The van der Waals surface area contributed by atoms with E-state index in [2.05, 4.69) is 15.0 Å². The van der Waals surface area contributed by atoms with Crippen LogP contribution in [0.15, 0.2) is 9.59 Å². The highest BCUT2D eigenvalue weighted by Crippen LogP contribution is 2.04. The van der Waals surface area contributed by atoms with Gasteiger partial charge in [0.2, 0.25) is 0 Å². The van der Waals surface area contributed by atoms with Crippen molar-refractivity contribution in [2.75, 3.05) is 6.61 Å². The average molecular weight is 238 g/mol. The van der Waals surface area contributed by atoms with Crippen LogP contribution in [0.2, 0.25) is 0 Å². The molecule has 0 saturated heterocycles. The maximum absolute atomic E-state index is 11.5. The molecular weight excluding hydrogens is 224 g/mol. The maximum atomic E-state index is 11.5. The highest BCUT2D eigenvalue weighted by atomic mass is 16.5. The van der Waals surface area contributed by atoms with Crippen LogP contribution in [0.4, 0.5) is 0 Å². The summed E-state index contributed by atoms with van der Waals surface area (Å²) >= 11 is 0. The van der Waals surface area contributed by atoms with E-state index in [9.17, 15) is 9.59 Å². The number of aromatic amines is 2. The number of nitrogens with zero attached hydrogens (tertiary/aromatic N) is 2. The van der Waals surface area contributed by atoms with Gasteiger partial charge in [0, 0.05) is 13.7 Å². The zero-order valence-electron chi connectivity index (χ0n) is 9.74. The number of nitrogens with one attached hydrogen (secondary N) is 2. The molecule has 0 bridgehead atoms. The highest BCUT2D eigenvalue weighted by Gasteiger charge is 2.10. The molecule has 0 aliphatic heterocycles. The van der Waals surface area contributed by atoms with E-state index in [1.807, 2.05) is 6.92 Å². The van der Waals surface area contributed by atoms with Crippen LogP contribution in [0.3, 0.4) is 0 Å². The molecule has 7 heteroatoms. The minimum absolute atomic E-state index is 0.294. The SMILES string of the molecule is CCCOCc1nc2c([nH]1)c(=O)[nH]c(=O)n2C. The lowest BCUT2D eigenvalue weighted by Gasteiger charge is -1.97. The average Bonchev–Trinajstić information content (AvgIpc) is 2.71. The molecule has 0 aromatic carbocycles. The smallest absolute Gasteiger partial charge is 0.329 e. The summed E-state index contributed by atoms with van der Waals surface area (Å²) in [6.07, 6.45) is 0.916. The van der Waals surface area contributed by atoms with Gasteiger partial charge in [-0.25, -0.2) is 9.78 Å². The van der Waals surface area contributed by atoms with E-state index < -0.39 is 11.2 Å². The molecule has 0 unspecified atom stereocenters. The first-order valence-corrected chi connectivity index (χ1v) is 5.39. The predicted molar refractivity (Wildman–Crippen MR) is 61.9 cm³/mol. The van der Waals surface area contributed by atoms with E-state index >= 15 is 0 Å². The van der Waals surface area contributed by atoms with Gasteiger partial charge in [-0.05, 0) is 6.42 Å². The van der Waals surface area contributed by atoms with Gasteiger partial charge in [-0.2, -0.15) is 0 Å². The Bertz CT molecular complexity index is 637. The Morgan fingerprint density at radius 2 is 2.12 bits per heavy atom. The van der Waals surface area contributed by atoms with Crippen molar-refractivity contribution in [2.45, 2.75) is 20.0 Å². The monoisotopic (exact) mass is 238 g/mol. The van der Waals surface area contributed by atoms with E-state index in [1.165, 1.54) is 4.57 Å². The number of H-pyrrole nitrogens is 2. The quantitative estimate of drug-likeness (QED) is 0.726.